The number of furan rings is 1. The summed E-state index contributed by atoms with van der Waals surface area (Å²) in [6.45, 7) is 2.40. The number of carbonyl (C=O) groups excluding carboxylic acids is 2. The number of likely N-dealkylation sites (N-methyl/N-ethyl adjacent to an activating group) is 2. The van der Waals surface area contributed by atoms with Gasteiger partial charge in [0.25, 0.3) is 0 Å². The Bertz CT molecular complexity index is 1170. The average molecular weight is 463 g/mol. The molecule has 6 rings (SSSR count). The van der Waals surface area contributed by atoms with Gasteiger partial charge in [-0.3, -0.25) is 14.5 Å². The molecule has 1 saturated carbocycles. The van der Waals surface area contributed by atoms with Crippen LogP contribution in [0.1, 0.15) is 42.9 Å². The number of piperidine rings is 1. The van der Waals surface area contributed by atoms with Crippen molar-refractivity contribution in [3.63, 3.8) is 0 Å². The van der Waals surface area contributed by atoms with Crippen LogP contribution < -0.4 is 4.74 Å². The molecule has 1 aromatic heterocycles. The van der Waals surface area contributed by atoms with Crippen LogP contribution in [0.25, 0.3) is 6.08 Å². The second-order valence-corrected chi connectivity index (χ2v) is 10.2. The molecule has 1 aromatic carbocycles. The van der Waals surface area contributed by atoms with Crippen LogP contribution in [-0.2, 0) is 26.2 Å². The van der Waals surface area contributed by atoms with E-state index >= 15 is 0 Å². The smallest absolute Gasteiger partial charge is 0.303 e. The summed E-state index contributed by atoms with van der Waals surface area (Å²) < 4.78 is 18.2. The number of rotatable bonds is 4. The van der Waals surface area contributed by atoms with Crippen molar-refractivity contribution in [1.82, 2.24) is 9.80 Å². The molecule has 7 nitrogen and oxygen atoms in total. The van der Waals surface area contributed by atoms with Gasteiger partial charge in [-0.25, -0.2) is 0 Å². The highest BCUT2D eigenvalue weighted by Crippen LogP contribution is 2.65. The van der Waals surface area contributed by atoms with Crippen molar-refractivity contribution in [3.05, 3.63) is 59.6 Å². The predicted octanol–water partition coefficient (Wildman–Crippen LogP) is 3.17. The first kappa shape index (κ1) is 21.5. The van der Waals surface area contributed by atoms with E-state index in [0.29, 0.717) is 12.8 Å². The Morgan fingerprint density at radius 2 is 2.12 bits per heavy atom. The molecule has 2 aliphatic carbocycles. The molecular formula is C27H30N2O5. The maximum Gasteiger partial charge on any atom is 0.303 e. The van der Waals surface area contributed by atoms with Gasteiger partial charge in [0, 0.05) is 31.2 Å². The first-order valence-corrected chi connectivity index (χ1v) is 12.0. The zero-order valence-corrected chi connectivity index (χ0v) is 19.8. The van der Waals surface area contributed by atoms with E-state index in [1.54, 1.807) is 29.6 Å². The van der Waals surface area contributed by atoms with Crippen LogP contribution in [0.2, 0.25) is 0 Å². The Morgan fingerprint density at radius 3 is 2.88 bits per heavy atom. The van der Waals surface area contributed by atoms with Gasteiger partial charge in [0.05, 0.1) is 30.0 Å². The van der Waals surface area contributed by atoms with Gasteiger partial charge in [-0.2, -0.15) is 0 Å². The Balaban J connectivity index is 1.44. The quantitative estimate of drug-likeness (QED) is 0.513. The molecular weight excluding hydrogens is 432 g/mol. The molecule has 3 heterocycles. The summed E-state index contributed by atoms with van der Waals surface area (Å²) in [5.74, 6) is 0.545. The summed E-state index contributed by atoms with van der Waals surface area (Å²) >= 11 is 0. The van der Waals surface area contributed by atoms with E-state index in [9.17, 15) is 9.59 Å². The monoisotopic (exact) mass is 462 g/mol. The number of esters is 1. The van der Waals surface area contributed by atoms with Crippen molar-refractivity contribution in [2.45, 2.75) is 61.8 Å². The fraction of sp³-hybridized carbons (Fsp3) is 0.481. The number of ether oxygens (including phenoxy) is 2. The summed E-state index contributed by atoms with van der Waals surface area (Å²) in [4.78, 5) is 29.8. The normalized spacial score (nSPS) is 33.3. The lowest BCUT2D eigenvalue weighted by Crippen LogP contribution is -2.78. The number of hydrogen-bond acceptors (Lipinski definition) is 6. The lowest BCUT2D eigenvalue weighted by molar-refractivity contribution is -0.220. The zero-order valence-electron chi connectivity index (χ0n) is 19.8. The van der Waals surface area contributed by atoms with Gasteiger partial charge in [0.1, 0.15) is 17.5 Å². The van der Waals surface area contributed by atoms with Crippen molar-refractivity contribution in [1.29, 1.82) is 0 Å². The van der Waals surface area contributed by atoms with E-state index in [1.165, 1.54) is 18.1 Å². The summed E-state index contributed by atoms with van der Waals surface area (Å²) in [6, 6.07) is 8.03. The number of amides is 1. The number of carbonyl (C=O) groups is 2. The minimum absolute atomic E-state index is 0.0809. The standard InChI is InChI=1S/C27H30N2O5/c1-17(30)34-27-11-9-20(29(3)23(31)8-7-18-10-14-32-16-18)25-26(27)12-13-28(2)22(27)15-19-5-4-6-21(33-25)24(19)26/h4-8,10,14,16,20,22,25H,9,11-13,15H2,1-3H3/b8-7+/t20-,22+,25-,26-,27+/m0/s1. The van der Waals surface area contributed by atoms with E-state index in [4.69, 9.17) is 13.9 Å². The molecule has 2 fully saturated rings. The summed E-state index contributed by atoms with van der Waals surface area (Å²) in [6.07, 6.45) is 9.33. The molecule has 34 heavy (non-hydrogen) atoms. The molecule has 178 valence electrons. The second-order valence-electron chi connectivity index (χ2n) is 10.2. The third-order valence-electron chi connectivity index (χ3n) is 8.69. The number of nitrogens with zero attached hydrogens (tertiary/aromatic N) is 2. The van der Waals surface area contributed by atoms with Crippen molar-refractivity contribution in [2.24, 2.45) is 0 Å². The first-order valence-electron chi connectivity index (χ1n) is 12.0. The maximum atomic E-state index is 13.2. The molecule has 4 aliphatic rings. The van der Waals surface area contributed by atoms with Crippen LogP contribution in [-0.4, -0.2) is 66.1 Å². The third-order valence-corrected chi connectivity index (χ3v) is 8.69. The highest BCUT2D eigenvalue weighted by atomic mass is 16.6. The molecule has 0 N–H and O–H groups in total. The van der Waals surface area contributed by atoms with Gasteiger partial charge < -0.3 is 18.8 Å². The Hall–Kier alpha value is -3.06. The van der Waals surface area contributed by atoms with Crippen molar-refractivity contribution < 1.29 is 23.5 Å². The van der Waals surface area contributed by atoms with E-state index in [0.717, 1.165) is 30.7 Å². The molecule has 1 saturated heterocycles. The van der Waals surface area contributed by atoms with Gasteiger partial charge in [-0.1, -0.05) is 12.1 Å². The summed E-state index contributed by atoms with van der Waals surface area (Å²) in [5, 5.41) is 0. The molecule has 0 radical (unpaired) electrons. The highest BCUT2D eigenvalue weighted by Gasteiger charge is 2.75. The van der Waals surface area contributed by atoms with Crippen LogP contribution in [0.15, 0.2) is 47.3 Å². The van der Waals surface area contributed by atoms with Crippen LogP contribution in [0.5, 0.6) is 5.75 Å². The number of hydrogen-bond donors (Lipinski definition) is 0. The lowest BCUT2D eigenvalue weighted by Gasteiger charge is -2.65. The van der Waals surface area contributed by atoms with Gasteiger partial charge in [-0.15, -0.1) is 0 Å². The fourth-order valence-corrected chi connectivity index (χ4v) is 7.34. The van der Waals surface area contributed by atoms with Gasteiger partial charge in [-0.05, 0) is 63.0 Å². The van der Waals surface area contributed by atoms with Gasteiger partial charge >= 0.3 is 5.97 Å². The minimum atomic E-state index is -0.664. The van der Waals surface area contributed by atoms with Crippen LogP contribution in [0, 0.1) is 0 Å². The van der Waals surface area contributed by atoms with E-state index in [1.807, 2.05) is 25.2 Å². The maximum absolute atomic E-state index is 13.2. The molecule has 2 aliphatic heterocycles. The molecule has 7 heteroatoms. The van der Waals surface area contributed by atoms with Crippen molar-refractivity contribution >= 4 is 18.0 Å². The van der Waals surface area contributed by atoms with Crippen LogP contribution in [0.4, 0.5) is 0 Å². The SMILES string of the molecule is CC(=O)O[C@@]12CC[C@H](N(C)C(=O)/C=C/c3ccoc3)[C@@H]3Oc4cccc5c4[C@@]31CCN(C)[C@@H]2C5. The fourth-order valence-electron chi connectivity index (χ4n) is 7.34. The largest absolute Gasteiger partial charge is 0.487 e. The van der Waals surface area contributed by atoms with E-state index < -0.39 is 11.0 Å². The number of benzene rings is 1. The molecule has 2 aromatic rings. The molecule has 0 unspecified atom stereocenters. The zero-order chi connectivity index (χ0) is 23.7. The second kappa shape index (κ2) is 7.47. The Kier molecular flexibility index (Phi) is 4.72. The minimum Gasteiger partial charge on any atom is -0.487 e. The predicted molar refractivity (Wildman–Crippen MR) is 125 cm³/mol. The Labute approximate surface area is 199 Å². The van der Waals surface area contributed by atoms with Gasteiger partial charge in [0.2, 0.25) is 5.91 Å². The Morgan fingerprint density at radius 1 is 1.26 bits per heavy atom. The first-order chi connectivity index (χ1) is 16.4. The van der Waals surface area contributed by atoms with Gasteiger partial charge in [0.15, 0.2) is 0 Å². The van der Waals surface area contributed by atoms with Crippen LogP contribution in [0.3, 0.4) is 0 Å². The van der Waals surface area contributed by atoms with Crippen LogP contribution >= 0.6 is 0 Å². The summed E-state index contributed by atoms with van der Waals surface area (Å²) in [5.41, 5.74) is 2.19. The van der Waals surface area contributed by atoms with E-state index in [-0.39, 0.29) is 30.1 Å². The number of likely N-dealkylation sites (tertiary alicyclic amines) is 1. The average Bonchev–Trinajstić information content (AvgIpc) is 3.44. The topological polar surface area (TPSA) is 72.2 Å². The third kappa shape index (κ3) is 2.73. The molecule has 1 amide bonds. The highest BCUT2D eigenvalue weighted by molar-refractivity contribution is 5.92. The molecule has 2 bridgehead atoms. The molecule has 5 atom stereocenters. The van der Waals surface area contributed by atoms with Crippen molar-refractivity contribution in [2.75, 3.05) is 20.6 Å². The molecule has 1 spiro atoms. The van der Waals surface area contributed by atoms with Crippen molar-refractivity contribution in [3.8, 4) is 5.75 Å². The lowest BCUT2D eigenvalue weighted by atomic mass is 9.48. The van der Waals surface area contributed by atoms with E-state index in [2.05, 4.69) is 18.0 Å². The summed E-state index contributed by atoms with van der Waals surface area (Å²) in [7, 11) is 3.98.